The van der Waals surface area contributed by atoms with E-state index < -0.39 is 11.7 Å². The number of benzene rings is 1. The van der Waals surface area contributed by atoms with Crippen molar-refractivity contribution in [2.75, 3.05) is 11.9 Å². The van der Waals surface area contributed by atoms with Crippen molar-refractivity contribution in [3.05, 3.63) is 24.3 Å². The molecule has 5 nitrogen and oxygen atoms in total. The van der Waals surface area contributed by atoms with Gasteiger partial charge in [0.05, 0.1) is 0 Å². The lowest BCUT2D eigenvalue weighted by molar-refractivity contribution is 0.0636. The molecule has 18 heavy (non-hydrogen) atoms. The number of nitriles is 1. The van der Waals surface area contributed by atoms with Crippen LogP contribution in [0, 0.1) is 11.3 Å². The molecule has 0 aliphatic heterocycles. The summed E-state index contributed by atoms with van der Waals surface area (Å²) >= 11 is 0. The quantitative estimate of drug-likeness (QED) is 0.892. The summed E-state index contributed by atoms with van der Waals surface area (Å²) in [4.78, 5) is 11.5. The van der Waals surface area contributed by atoms with Gasteiger partial charge in [-0.3, -0.25) is 5.32 Å². The Hall–Kier alpha value is -2.22. The molecule has 0 atom stereocenters. The zero-order chi connectivity index (χ0) is 13.6. The molecule has 1 aromatic rings. The smallest absolute Gasteiger partial charge is 0.412 e. The number of nitrogens with zero attached hydrogens (tertiary/aromatic N) is 1. The predicted molar refractivity (Wildman–Crippen MR) is 67.4 cm³/mol. The van der Waals surface area contributed by atoms with Gasteiger partial charge in [-0.15, -0.1) is 0 Å². The lowest BCUT2D eigenvalue weighted by Crippen LogP contribution is -2.27. The van der Waals surface area contributed by atoms with E-state index in [1.807, 2.05) is 6.07 Å². The molecule has 1 amide bonds. The van der Waals surface area contributed by atoms with Crippen molar-refractivity contribution < 1.29 is 14.3 Å². The lowest BCUT2D eigenvalue weighted by atomic mass is 10.2. The molecule has 0 fully saturated rings. The Morgan fingerprint density at radius 3 is 2.78 bits per heavy atom. The molecular weight excluding hydrogens is 232 g/mol. The summed E-state index contributed by atoms with van der Waals surface area (Å²) in [5, 5.41) is 11.0. The van der Waals surface area contributed by atoms with E-state index in [2.05, 4.69) is 5.32 Å². The first kappa shape index (κ1) is 13.8. The molecule has 1 N–H and O–H groups in total. The highest BCUT2D eigenvalue weighted by molar-refractivity contribution is 5.85. The van der Waals surface area contributed by atoms with Crippen molar-refractivity contribution in [2.45, 2.75) is 26.4 Å². The largest absolute Gasteiger partial charge is 0.479 e. The van der Waals surface area contributed by atoms with Crippen molar-refractivity contribution in [3.63, 3.8) is 0 Å². The molecule has 0 saturated carbocycles. The van der Waals surface area contributed by atoms with Crippen LogP contribution in [0.3, 0.4) is 0 Å². The highest BCUT2D eigenvalue weighted by atomic mass is 16.6. The average Bonchev–Trinajstić information content (AvgIpc) is 2.24. The van der Waals surface area contributed by atoms with Crippen molar-refractivity contribution in [3.8, 4) is 11.8 Å². The number of carbonyl (C=O) groups is 1. The van der Waals surface area contributed by atoms with Gasteiger partial charge in [-0.05, 0) is 32.9 Å². The highest BCUT2D eigenvalue weighted by Gasteiger charge is 2.16. The SMILES string of the molecule is CC(C)(C)OC(=O)Nc1cccc(OCC#N)c1. The average molecular weight is 248 g/mol. The van der Waals surface area contributed by atoms with Crippen LogP contribution < -0.4 is 10.1 Å². The fraction of sp³-hybridized carbons (Fsp3) is 0.385. The van der Waals surface area contributed by atoms with Gasteiger partial charge in [0, 0.05) is 11.8 Å². The lowest BCUT2D eigenvalue weighted by Gasteiger charge is -2.19. The van der Waals surface area contributed by atoms with E-state index in [9.17, 15) is 4.79 Å². The van der Waals surface area contributed by atoms with Crippen LogP contribution in [0.1, 0.15) is 20.8 Å². The van der Waals surface area contributed by atoms with Gasteiger partial charge in [0.25, 0.3) is 0 Å². The summed E-state index contributed by atoms with van der Waals surface area (Å²) in [5.74, 6) is 0.519. The van der Waals surface area contributed by atoms with Crippen LogP contribution in [0.15, 0.2) is 24.3 Å². The molecule has 0 aliphatic carbocycles. The van der Waals surface area contributed by atoms with Gasteiger partial charge in [-0.1, -0.05) is 6.07 Å². The minimum absolute atomic E-state index is 0.0319. The van der Waals surface area contributed by atoms with Crippen molar-refractivity contribution in [1.82, 2.24) is 0 Å². The number of rotatable bonds is 3. The predicted octanol–water partition coefficient (Wildman–Crippen LogP) is 2.94. The monoisotopic (exact) mass is 248 g/mol. The normalized spacial score (nSPS) is 10.3. The number of nitrogens with one attached hydrogen (secondary N) is 1. The minimum atomic E-state index is -0.543. The Bertz CT molecular complexity index is 458. The molecule has 0 heterocycles. The van der Waals surface area contributed by atoms with Gasteiger partial charge < -0.3 is 9.47 Å². The summed E-state index contributed by atoms with van der Waals surface area (Å²) in [7, 11) is 0. The van der Waals surface area contributed by atoms with Crippen LogP contribution in [0.2, 0.25) is 0 Å². The summed E-state index contributed by atoms with van der Waals surface area (Å²) < 4.78 is 10.2. The van der Waals surface area contributed by atoms with Gasteiger partial charge in [-0.2, -0.15) is 5.26 Å². The van der Waals surface area contributed by atoms with E-state index in [4.69, 9.17) is 14.7 Å². The number of carbonyl (C=O) groups excluding carboxylic acids is 1. The topological polar surface area (TPSA) is 71.3 Å². The Kier molecular flexibility index (Phi) is 4.55. The number of hydrogen-bond donors (Lipinski definition) is 1. The molecule has 96 valence electrons. The Morgan fingerprint density at radius 1 is 1.44 bits per heavy atom. The summed E-state index contributed by atoms with van der Waals surface area (Å²) in [5.41, 5.74) is 0.0126. The molecule has 0 spiro atoms. The fourth-order valence-corrected chi connectivity index (χ4v) is 1.20. The molecule has 0 aromatic heterocycles. The molecular formula is C13H16N2O3. The van der Waals surface area contributed by atoms with Gasteiger partial charge >= 0.3 is 6.09 Å². The van der Waals surface area contributed by atoms with Crippen molar-refractivity contribution >= 4 is 11.8 Å². The second-order valence-electron chi connectivity index (χ2n) is 4.60. The number of ether oxygens (including phenoxy) is 2. The Balaban J connectivity index is 2.62. The van der Waals surface area contributed by atoms with Crippen LogP contribution in [-0.4, -0.2) is 18.3 Å². The highest BCUT2D eigenvalue weighted by Crippen LogP contribution is 2.18. The maximum absolute atomic E-state index is 11.5. The van der Waals surface area contributed by atoms with Crippen molar-refractivity contribution in [2.24, 2.45) is 0 Å². The molecule has 0 bridgehead atoms. The third kappa shape index (κ3) is 5.21. The van der Waals surface area contributed by atoms with Gasteiger partial charge in [0.15, 0.2) is 6.61 Å². The van der Waals surface area contributed by atoms with E-state index in [0.29, 0.717) is 11.4 Å². The second-order valence-corrected chi connectivity index (χ2v) is 4.60. The zero-order valence-corrected chi connectivity index (χ0v) is 10.7. The second kappa shape index (κ2) is 5.92. The van der Waals surface area contributed by atoms with Crippen LogP contribution >= 0.6 is 0 Å². The maximum atomic E-state index is 11.5. The van der Waals surface area contributed by atoms with Crippen LogP contribution in [0.5, 0.6) is 5.75 Å². The van der Waals surface area contributed by atoms with Gasteiger partial charge in [0.2, 0.25) is 0 Å². The molecule has 0 unspecified atom stereocenters. The van der Waals surface area contributed by atoms with Gasteiger partial charge in [0.1, 0.15) is 17.4 Å². The summed E-state index contributed by atoms with van der Waals surface area (Å²) in [6, 6.07) is 8.64. The summed E-state index contributed by atoms with van der Waals surface area (Å²) in [6.07, 6.45) is -0.528. The maximum Gasteiger partial charge on any atom is 0.412 e. The molecule has 5 heteroatoms. The fourth-order valence-electron chi connectivity index (χ4n) is 1.20. The van der Waals surface area contributed by atoms with Crippen LogP contribution in [0.4, 0.5) is 10.5 Å². The minimum Gasteiger partial charge on any atom is -0.479 e. The first-order valence-electron chi connectivity index (χ1n) is 5.50. The molecule has 0 aliphatic rings. The Morgan fingerprint density at radius 2 is 2.17 bits per heavy atom. The molecule has 0 saturated heterocycles. The zero-order valence-electron chi connectivity index (χ0n) is 10.7. The third-order valence-electron chi connectivity index (χ3n) is 1.78. The first-order chi connectivity index (χ1) is 8.40. The third-order valence-corrected chi connectivity index (χ3v) is 1.78. The number of anilines is 1. The van der Waals surface area contributed by atoms with E-state index in [1.165, 1.54) is 0 Å². The first-order valence-corrected chi connectivity index (χ1v) is 5.50. The molecule has 1 rings (SSSR count). The van der Waals surface area contributed by atoms with E-state index >= 15 is 0 Å². The number of amides is 1. The standard InChI is InChI=1S/C13H16N2O3/c1-13(2,3)18-12(16)15-10-5-4-6-11(9-10)17-8-7-14/h4-6,9H,8H2,1-3H3,(H,15,16). The molecule has 0 radical (unpaired) electrons. The number of hydrogen-bond acceptors (Lipinski definition) is 4. The van der Waals surface area contributed by atoms with Crippen molar-refractivity contribution in [1.29, 1.82) is 5.26 Å². The molecule has 1 aromatic carbocycles. The van der Waals surface area contributed by atoms with Gasteiger partial charge in [-0.25, -0.2) is 4.79 Å². The van der Waals surface area contributed by atoms with Crippen LogP contribution in [-0.2, 0) is 4.74 Å². The summed E-state index contributed by atoms with van der Waals surface area (Å²) in [6.45, 7) is 5.34. The van der Waals surface area contributed by atoms with E-state index in [-0.39, 0.29) is 6.61 Å². The van der Waals surface area contributed by atoms with Crippen LogP contribution in [0.25, 0.3) is 0 Å². The van der Waals surface area contributed by atoms with E-state index in [1.54, 1.807) is 45.0 Å². The Labute approximate surface area is 106 Å². The van der Waals surface area contributed by atoms with E-state index in [0.717, 1.165) is 0 Å².